The van der Waals surface area contributed by atoms with Gasteiger partial charge in [-0.05, 0) is 36.8 Å². The summed E-state index contributed by atoms with van der Waals surface area (Å²) in [5.74, 6) is -2.47. The van der Waals surface area contributed by atoms with Crippen LogP contribution >= 0.6 is 11.6 Å². The number of amides is 2. The van der Waals surface area contributed by atoms with E-state index in [1.54, 1.807) is 6.92 Å². The molecule has 0 radical (unpaired) electrons. The van der Waals surface area contributed by atoms with Crippen LogP contribution in [0.4, 0.5) is 14.5 Å². The number of benzene rings is 1. The number of halogens is 3. The monoisotopic (exact) mass is 569 g/mol. The van der Waals surface area contributed by atoms with E-state index < -0.39 is 35.0 Å². The fourth-order valence-corrected chi connectivity index (χ4v) is 4.39. The summed E-state index contributed by atoms with van der Waals surface area (Å²) in [4.78, 5) is 38.0. The maximum absolute atomic E-state index is 15.3. The number of aryl methyl sites for hydroxylation is 1. The maximum atomic E-state index is 15.3. The molecule has 1 saturated heterocycles. The molecule has 0 aliphatic carbocycles. The Morgan fingerprint density at radius 1 is 1.12 bits per heavy atom. The molecule has 3 aromatic heterocycles. The van der Waals surface area contributed by atoms with Gasteiger partial charge in [-0.1, -0.05) is 16.8 Å². The number of nitrogens with two attached hydrogens (primary N) is 1. The van der Waals surface area contributed by atoms with Gasteiger partial charge in [0.2, 0.25) is 11.7 Å². The van der Waals surface area contributed by atoms with Crippen LogP contribution in [0.2, 0.25) is 5.02 Å². The van der Waals surface area contributed by atoms with Crippen LogP contribution in [0.15, 0.2) is 47.4 Å². The van der Waals surface area contributed by atoms with Gasteiger partial charge in [-0.25, -0.2) is 8.78 Å². The Morgan fingerprint density at radius 2 is 1.90 bits per heavy atom. The molecule has 0 unspecified atom stereocenters. The van der Waals surface area contributed by atoms with Crippen molar-refractivity contribution in [3.63, 3.8) is 0 Å². The van der Waals surface area contributed by atoms with Crippen molar-refractivity contribution < 1.29 is 27.6 Å². The number of ether oxygens (including phenoxy) is 1. The number of pyridine rings is 2. The fraction of sp³-hybridized carbons (Fsp3) is 0.231. The molecule has 4 heterocycles. The van der Waals surface area contributed by atoms with Crippen LogP contribution in [0.25, 0.3) is 22.5 Å². The Kier molecular flexibility index (Phi) is 7.17. The van der Waals surface area contributed by atoms with Crippen LogP contribution in [0.5, 0.6) is 0 Å². The molecule has 11 nitrogen and oxygen atoms in total. The predicted octanol–water partition coefficient (Wildman–Crippen LogP) is 3.39. The second kappa shape index (κ2) is 10.6. The summed E-state index contributed by atoms with van der Waals surface area (Å²) in [6, 6.07) is 4.19. The van der Waals surface area contributed by atoms with Crippen molar-refractivity contribution in [2.24, 2.45) is 0 Å². The molecule has 2 amide bonds. The lowest BCUT2D eigenvalue weighted by Gasteiger charge is -2.40. The minimum Gasteiger partial charge on any atom is -0.397 e. The number of carbonyl (C=O) groups excluding carboxylic acids is 2. The zero-order valence-electron chi connectivity index (χ0n) is 21.2. The number of hydrogen-bond donors (Lipinski definition) is 3. The van der Waals surface area contributed by atoms with Crippen molar-refractivity contribution in [1.82, 2.24) is 30.7 Å². The van der Waals surface area contributed by atoms with E-state index in [-0.39, 0.29) is 63.6 Å². The van der Waals surface area contributed by atoms with E-state index in [4.69, 9.17) is 26.6 Å². The van der Waals surface area contributed by atoms with Crippen LogP contribution in [-0.4, -0.2) is 50.7 Å². The Morgan fingerprint density at radius 3 is 2.52 bits per heavy atom. The molecule has 1 fully saturated rings. The van der Waals surface area contributed by atoms with Crippen molar-refractivity contribution in [3.8, 4) is 22.5 Å². The highest BCUT2D eigenvalue weighted by Gasteiger charge is 2.48. The lowest BCUT2D eigenvalue weighted by atomic mass is 9.94. The molecule has 0 saturated carbocycles. The van der Waals surface area contributed by atoms with Gasteiger partial charge in [-0.2, -0.15) is 4.98 Å². The zero-order valence-corrected chi connectivity index (χ0v) is 21.9. The quantitative estimate of drug-likeness (QED) is 0.303. The molecule has 4 N–H and O–H groups in total. The van der Waals surface area contributed by atoms with Gasteiger partial charge in [-0.15, -0.1) is 0 Å². The van der Waals surface area contributed by atoms with Crippen LogP contribution in [0.1, 0.15) is 34.9 Å². The highest BCUT2D eigenvalue weighted by Crippen LogP contribution is 2.36. The highest BCUT2D eigenvalue weighted by atomic mass is 35.5. The Labute approximate surface area is 231 Å². The largest absolute Gasteiger partial charge is 0.397 e. The summed E-state index contributed by atoms with van der Waals surface area (Å²) >= 11 is 6.07. The van der Waals surface area contributed by atoms with Crippen LogP contribution in [-0.2, 0) is 9.53 Å². The van der Waals surface area contributed by atoms with E-state index in [0.717, 1.165) is 12.1 Å². The number of rotatable bonds is 7. The molecular formula is C26H22ClF2N7O4. The Balaban J connectivity index is 1.37. The number of nitrogen functional groups attached to an aromatic ring is 1. The van der Waals surface area contributed by atoms with Crippen LogP contribution in [0, 0.1) is 18.6 Å². The maximum Gasteiger partial charge on any atom is 0.253 e. The van der Waals surface area contributed by atoms with Gasteiger partial charge in [0.1, 0.15) is 11.6 Å². The van der Waals surface area contributed by atoms with Crippen molar-refractivity contribution in [2.45, 2.75) is 25.4 Å². The molecule has 40 heavy (non-hydrogen) atoms. The van der Waals surface area contributed by atoms with Gasteiger partial charge in [0.05, 0.1) is 41.8 Å². The third-order valence-corrected chi connectivity index (χ3v) is 6.47. The first-order valence-electron chi connectivity index (χ1n) is 11.9. The van der Waals surface area contributed by atoms with Crippen LogP contribution < -0.4 is 16.4 Å². The fourth-order valence-electron chi connectivity index (χ4n) is 4.18. The third kappa shape index (κ3) is 5.20. The molecule has 14 heteroatoms. The zero-order chi connectivity index (χ0) is 28.6. The van der Waals surface area contributed by atoms with Crippen molar-refractivity contribution in [2.75, 3.05) is 18.9 Å². The van der Waals surface area contributed by atoms with E-state index in [1.165, 1.54) is 37.6 Å². The average molecular weight is 570 g/mol. The van der Waals surface area contributed by atoms with E-state index in [9.17, 15) is 14.0 Å². The first-order valence-corrected chi connectivity index (χ1v) is 12.3. The highest BCUT2D eigenvalue weighted by molar-refractivity contribution is 6.31. The van der Waals surface area contributed by atoms with Gasteiger partial charge in [0, 0.05) is 36.1 Å². The minimum absolute atomic E-state index is 0.0317. The molecular weight excluding hydrogens is 548 g/mol. The SMILES string of the molecule is Cc1nc(-c2c(F)cc(Cl)cc2-c2cnc([C@@H](C)NC(=O)C3(NC(=O)c4cncc(N)c4)COC3)c(F)c2)no1. The Hall–Kier alpha value is -4.49. The van der Waals surface area contributed by atoms with Crippen molar-refractivity contribution in [1.29, 1.82) is 0 Å². The molecule has 5 rings (SSSR count). The van der Waals surface area contributed by atoms with Gasteiger partial charge in [0.25, 0.3) is 11.8 Å². The normalized spacial score (nSPS) is 14.7. The summed E-state index contributed by atoms with van der Waals surface area (Å²) in [5, 5.41) is 9.17. The second-order valence-electron chi connectivity index (χ2n) is 9.27. The number of aromatic nitrogens is 4. The van der Waals surface area contributed by atoms with E-state index >= 15 is 4.39 Å². The summed E-state index contributed by atoms with van der Waals surface area (Å²) in [6.07, 6.45) is 4.02. The van der Waals surface area contributed by atoms with Gasteiger partial charge >= 0.3 is 0 Å². The Bertz CT molecular complexity index is 1630. The number of hydrogen-bond acceptors (Lipinski definition) is 9. The van der Waals surface area contributed by atoms with E-state index in [2.05, 4.69) is 30.7 Å². The molecule has 206 valence electrons. The summed E-state index contributed by atoms with van der Waals surface area (Å²) in [6.45, 7) is 2.92. The molecule has 0 spiro atoms. The summed E-state index contributed by atoms with van der Waals surface area (Å²) in [5.41, 5.74) is 5.05. The molecule has 1 atom stereocenters. The smallest absolute Gasteiger partial charge is 0.253 e. The molecule has 4 aromatic rings. The number of nitrogens with one attached hydrogen (secondary N) is 2. The van der Waals surface area contributed by atoms with E-state index in [1.807, 2.05) is 0 Å². The molecule has 0 bridgehead atoms. The van der Waals surface area contributed by atoms with Gasteiger partial charge in [-0.3, -0.25) is 19.6 Å². The second-order valence-corrected chi connectivity index (χ2v) is 9.71. The third-order valence-electron chi connectivity index (χ3n) is 6.25. The first kappa shape index (κ1) is 27.1. The standard InChI is InChI=1S/C26H22ClF2N7O4/c1-12(33-25(38)26(10-39-11-26)35-24(37)15-3-17(30)9-31-7-15)22-20(29)4-14(8-32-22)18-5-16(27)6-19(28)21(18)23-34-13(2)40-36-23/h3-9,12H,10-11,30H2,1-2H3,(H,33,38)(H,35,37)/t12-/m1/s1. The van der Waals surface area contributed by atoms with Crippen molar-refractivity contribution >= 4 is 29.1 Å². The first-order chi connectivity index (χ1) is 19.1. The van der Waals surface area contributed by atoms with E-state index in [0.29, 0.717) is 0 Å². The topological polar surface area (TPSA) is 158 Å². The lowest BCUT2D eigenvalue weighted by molar-refractivity contribution is -0.147. The van der Waals surface area contributed by atoms with Crippen LogP contribution in [0.3, 0.4) is 0 Å². The minimum atomic E-state index is -1.37. The van der Waals surface area contributed by atoms with Gasteiger partial charge < -0.3 is 25.6 Å². The predicted molar refractivity (Wildman–Crippen MR) is 139 cm³/mol. The number of nitrogens with zero attached hydrogens (tertiary/aromatic N) is 4. The van der Waals surface area contributed by atoms with Crippen molar-refractivity contribution in [3.05, 3.63) is 76.7 Å². The molecule has 1 aliphatic rings. The molecule has 1 aliphatic heterocycles. The summed E-state index contributed by atoms with van der Waals surface area (Å²) in [7, 11) is 0. The number of carbonyl (C=O) groups is 2. The average Bonchev–Trinajstić information content (AvgIpc) is 3.30. The van der Waals surface area contributed by atoms with Gasteiger partial charge in [0.15, 0.2) is 5.54 Å². The molecule has 1 aromatic carbocycles. The number of anilines is 1. The lowest BCUT2D eigenvalue weighted by Crippen LogP contribution is -2.70. The summed E-state index contributed by atoms with van der Waals surface area (Å²) < 4.78 is 40.4.